The monoisotopic (exact) mass is 267 g/mol. The van der Waals surface area contributed by atoms with Gasteiger partial charge in [-0.15, -0.1) is 0 Å². The summed E-state index contributed by atoms with van der Waals surface area (Å²) in [5.74, 6) is 1.61. The third kappa shape index (κ3) is 4.86. The molecule has 1 N–H and O–H groups in total. The fourth-order valence-corrected chi connectivity index (χ4v) is 1.98. The van der Waals surface area contributed by atoms with E-state index in [0.29, 0.717) is 12.5 Å². The van der Waals surface area contributed by atoms with Gasteiger partial charge in [-0.3, -0.25) is 4.68 Å². The van der Waals surface area contributed by atoms with Crippen LogP contribution in [0.5, 0.6) is 5.75 Å². The highest BCUT2D eigenvalue weighted by molar-refractivity contribution is 5.31. The van der Waals surface area contributed by atoms with Gasteiger partial charge in [0.1, 0.15) is 5.69 Å². The van der Waals surface area contributed by atoms with Crippen molar-refractivity contribution in [1.82, 2.24) is 15.1 Å². The van der Waals surface area contributed by atoms with Crippen LogP contribution < -0.4 is 10.1 Å². The summed E-state index contributed by atoms with van der Waals surface area (Å²) in [5.41, 5.74) is 2.17. The second kappa shape index (κ2) is 6.42. The molecule has 0 aliphatic carbocycles. The van der Waals surface area contributed by atoms with Gasteiger partial charge < -0.3 is 10.1 Å². The van der Waals surface area contributed by atoms with Crippen LogP contribution in [0.3, 0.4) is 0 Å². The Balaban J connectivity index is 2.50. The van der Waals surface area contributed by atoms with E-state index in [4.69, 9.17) is 4.74 Å². The summed E-state index contributed by atoms with van der Waals surface area (Å²) in [6.07, 6.45) is 0. The molecule has 4 heteroatoms. The SMILES string of the molecule is Cc1nn(C)c(C)c1OCC(C)(C)CNCC(C)C. The Hall–Kier alpha value is -1.03. The van der Waals surface area contributed by atoms with Crippen molar-refractivity contribution in [3.05, 3.63) is 11.4 Å². The standard InChI is InChI=1S/C15H29N3O/c1-11(2)8-16-9-15(5,6)10-19-14-12(3)17-18(7)13(14)4/h11,16H,8-10H2,1-7H3. The zero-order valence-corrected chi connectivity index (χ0v) is 13.5. The van der Waals surface area contributed by atoms with Crippen LogP contribution in [0.25, 0.3) is 0 Å². The summed E-state index contributed by atoms with van der Waals surface area (Å²) in [6, 6.07) is 0. The Bertz CT molecular complexity index is 408. The molecule has 0 unspecified atom stereocenters. The average Bonchev–Trinajstić information content (AvgIpc) is 2.50. The molecule has 4 nitrogen and oxygen atoms in total. The van der Waals surface area contributed by atoms with Crippen LogP contribution in [0.15, 0.2) is 0 Å². The number of hydrogen-bond acceptors (Lipinski definition) is 3. The van der Waals surface area contributed by atoms with E-state index in [1.165, 1.54) is 0 Å². The Morgan fingerprint density at radius 3 is 2.42 bits per heavy atom. The molecule has 0 atom stereocenters. The van der Waals surface area contributed by atoms with E-state index in [0.717, 1.165) is 30.2 Å². The molecule has 1 aromatic heterocycles. The van der Waals surface area contributed by atoms with Crippen LogP contribution in [0.4, 0.5) is 0 Å². The minimum atomic E-state index is 0.115. The first-order chi connectivity index (χ1) is 8.73. The molecule has 0 saturated carbocycles. The van der Waals surface area contributed by atoms with Crippen molar-refractivity contribution in [1.29, 1.82) is 0 Å². The second-order valence-electron chi connectivity index (χ2n) is 6.60. The molecule has 110 valence electrons. The van der Waals surface area contributed by atoms with Crippen LogP contribution >= 0.6 is 0 Å². The maximum atomic E-state index is 5.99. The Morgan fingerprint density at radius 2 is 1.95 bits per heavy atom. The van der Waals surface area contributed by atoms with Crippen molar-refractivity contribution in [2.75, 3.05) is 19.7 Å². The van der Waals surface area contributed by atoms with E-state index in [9.17, 15) is 0 Å². The van der Waals surface area contributed by atoms with E-state index >= 15 is 0 Å². The van der Waals surface area contributed by atoms with Crippen LogP contribution in [-0.2, 0) is 7.05 Å². The largest absolute Gasteiger partial charge is 0.489 e. The first-order valence-electron chi connectivity index (χ1n) is 7.06. The van der Waals surface area contributed by atoms with E-state index in [1.54, 1.807) is 0 Å². The molecule has 1 aromatic rings. The first kappa shape index (κ1) is 16.0. The van der Waals surface area contributed by atoms with Gasteiger partial charge in [-0.1, -0.05) is 27.7 Å². The second-order valence-corrected chi connectivity index (χ2v) is 6.60. The predicted molar refractivity (Wildman–Crippen MR) is 79.7 cm³/mol. The zero-order valence-electron chi connectivity index (χ0n) is 13.5. The van der Waals surface area contributed by atoms with Gasteiger partial charge in [-0.05, 0) is 26.3 Å². The zero-order chi connectivity index (χ0) is 14.6. The highest BCUT2D eigenvalue weighted by atomic mass is 16.5. The fourth-order valence-electron chi connectivity index (χ4n) is 1.98. The highest BCUT2D eigenvalue weighted by Crippen LogP contribution is 2.24. The van der Waals surface area contributed by atoms with E-state index < -0.39 is 0 Å². The summed E-state index contributed by atoms with van der Waals surface area (Å²) < 4.78 is 7.86. The number of aryl methyl sites for hydroxylation is 2. The lowest BCUT2D eigenvalue weighted by molar-refractivity contribution is 0.173. The smallest absolute Gasteiger partial charge is 0.162 e. The highest BCUT2D eigenvalue weighted by Gasteiger charge is 2.20. The fraction of sp³-hybridized carbons (Fsp3) is 0.800. The van der Waals surface area contributed by atoms with Gasteiger partial charge in [-0.2, -0.15) is 5.10 Å². The average molecular weight is 267 g/mol. The van der Waals surface area contributed by atoms with Gasteiger partial charge in [0, 0.05) is 19.0 Å². The lowest BCUT2D eigenvalue weighted by atomic mass is 9.94. The van der Waals surface area contributed by atoms with E-state index in [2.05, 4.69) is 38.1 Å². The van der Waals surface area contributed by atoms with Crippen molar-refractivity contribution >= 4 is 0 Å². The van der Waals surface area contributed by atoms with Gasteiger partial charge in [0.15, 0.2) is 5.75 Å². The molecule has 0 saturated heterocycles. The van der Waals surface area contributed by atoms with Crippen LogP contribution in [0.1, 0.15) is 39.1 Å². The van der Waals surface area contributed by atoms with E-state index in [1.807, 2.05) is 25.6 Å². The molecular formula is C15H29N3O. The molecule has 0 aliphatic rings. The third-order valence-corrected chi connectivity index (χ3v) is 3.21. The van der Waals surface area contributed by atoms with Crippen LogP contribution in [-0.4, -0.2) is 29.5 Å². The van der Waals surface area contributed by atoms with E-state index in [-0.39, 0.29) is 5.41 Å². The van der Waals surface area contributed by atoms with Crippen LogP contribution in [0, 0.1) is 25.2 Å². The van der Waals surface area contributed by atoms with Gasteiger partial charge in [0.2, 0.25) is 0 Å². The number of rotatable bonds is 7. The third-order valence-electron chi connectivity index (χ3n) is 3.21. The van der Waals surface area contributed by atoms with Crippen molar-refractivity contribution in [2.24, 2.45) is 18.4 Å². The summed E-state index contributed by atoms with van der Waals surface area (Å²) >= 11 is 0. The molecule has 0 spiro atoms. The van der Waals surface area contributed by atoms with Crippen molar-refractivity contribution < 1.29 is 4.74 Å². The molecule has 1 heterocycles. The number of nitrogens with zero attached hydrogens (tertiary/aromatic N) is 2. The Morgan fingerprint density at radius 1 is 1.32 bits per heavy atom. The minimum absolute atomic E-state index is 0.115. The quantitative estimate of drug-likeness (QED) is 0.825. The maximum absolute atomic E-state index is 5.99. The Kier molecular flexibility index (Phi) is 5.41. The Labute approximate surface area is 117 Å². The first-order valence-corrected chi connectivity index (χ1v) is 7.06. The molecular weight excluding hydrogens is 238 g/mol. The minimum Gasteiger partial charge on any atom is -0.489 e. The van der Waals surface area contributed by atoms with Gasteiger partial charge in [-0.25, -0.2) is 0 Å². The molecule has 0 aliphatic heterocycles. The number of ether oxygens (including phenoxy) is 1. The normalized spacial score (nSPS) is 12.2. The molecule has 0 fully saturated rings. The lowest BCUT2D eigenvalue weighted by Gasteiger charge is -2.25. The number of nitrogens with one attached hydrogen (secondary N) is 1. The number of hydrogen-bond donors (Lipinski definition) is 1. The molecule has 0 bridgehead atoms. The molecule has 1 rings (SSSR count). The summed E-state index contributed by atoms with van der Waals surface area (Å²) in [6.45, 7) is 15.6. The molecule has 19 heavy (non-hydrogen) atoms. The maximum Gasteiger partial charge on any atom is 0.162 e. The lowest BCUT2D eigenvalue weighted by Crippen LogP contribution is -2.36. The molecule has 0 aromatic carbocycles. The van der Waals surface area contributed by atoms with Gasteiger partial charge in [0.25, 0.3) is 0 Å². The predicted octanol–water partition coefficient (Wildman–Crippen LogP) is 2.69. The van der Waals surface area contributed by atoms with Gasteiger partial charge >= 0.3 is 0 Å². The topological polar surface area (TPSA) is 39.1 Å². The molecule has 0 radical (unpaired) electrons. The van der Waals surface area contributed by atoms with Crippen LogP contribution in [0.2, 0.25) is 0 Å². The van der Waals surface area contributed by atoms with Crippen molar-refractivity contribution in [2.45, 2.75) is 41.5 Å². The van der Waals surface area contributed by atoms with Crippen molar-refractivity contribution in [3.8, 4) is 5.75 Å². The summed E-state index contributed by atoms with van der Waals surface area (Å²) in [5, 5.41) is 7.87. The summed E-state index contributed by atoms with van der Waals surface area (Å²) in [4.78, 5) is 0. The van der Waals surface area contributed by atoms with Gasteiger partial charge in [0.05, 0.1) is 12.3 Å². The number of aromatic nitrogens is 2. The van der Waals surface area contributed by atoms with Crippen molar-refractivity contribution in [3.63, 3.8) is 0 Å². The summed E-state index contributed by atoms with van der Waals surface area (Å²) in [7, 11) is 1.95. The molecule has 0 amide bonds.